The predicted octanol–water partition coefficient (Wildman–Crippen LogP) is 1.72. The lowest BCUT2D eigenvalue weighted by Crippen LogP contribution is -1.92. The van der Waals surface area contributed by atoms with E-state index in [0.717, 1.165) is 5.56 Å². The summed E-state index contributed by atoms with van der Waals surface area (Å²) >= 11 is 0. The Morgan fingerprint density at radius 1 is 1.58 bits per heavy atom. The van der Waals surface area contributed by atoms with Crippen LogP contribution in [0, 0.1) is 10.1 Å². The lowest BCUT2D eigenvalue weighted by molar-refractivity contribution is -0.422. The molecule has 0 aliphatic heterocycles. The van der Waals surface area contributed by atoms with Crippen LogP contribution in [0.5, 0.6) is 0 Å². The maximum Gasteiger partial charge on any atom is 0.243 e. The highest BCUT2D eigenvalue weighted by Gasteiger charge is 2.00. The largest absolute Gasteiger partial charge is 0.265 e. The standard InChI is InChI=1S/C8H8N2O2/c1-7(10(11)12)6-8-2-4-9-5-3-8/h2-6H,1H3. The summed E-state index contributed by atoms with van der Waals surface area (Å²) < 4.78 is 0. The Hall–Kier alpha value is -1.71. The number of hydrogen-bond donors (Lipinski definition) is 0. The number of allylic oxidation sites excluding steroid dienone is 1. The van der Waals surface area contributed by atoms with E-state index >= 15 is 0 Å². The minimum atomic E-state index is -0.416. The molecule has 1 rings (SSSR count). The molecule has 0 unspecified atom stereocenters. The Morgan fingerprint density at radius 2 is 2.17 bits per heavy atom. The molecule has 0 bridgehead atoms. The zero-order chi connectivity index (χ0) is 8.97. The first-order chi connectivity index (χ1) is 5.70. The number of hydrogen-bond acceptors (Lipinski definition) is 3. The quantitative estimate of drug-likeness (QED) is 0.494. The van der Waals surface area contributed by atoms with Gasteiger partial charge in [0, 0.05) is 25.4 Å². The van der Waals surface area contributed by atoms with Crippen molar-refractivity contribution in [1.82, 2.24) is 4.98 Å². The molecule has 0 aromatic carbocycles. The van der Waals surface area contributed by atoms with Gasteiger partial charge in [-0.25, -0.2) is 0 Å². The van der Waals surface area contributed by atoms with Crippen molar-refractivity contribution < 1.29 is 4.92 Å². The molecular weight excluding hydrogens is 156 g/mol. The fourth-order valence-corrected chi connectivity index (χ4v) is 0.754. The van der Waals surface area contributed by atoms with E-state index < -0.39 is 4.92 Å². The van der Waals surface area contributed by atoms with Gasteiger partial charge in [-0.05, 0) is 17.7 Å². The van der Waals surface area contributed by atoms with E-state index in [9.17, 15) is 10.1 Å². The second-order valence-corrected chi connectivity index (χ2v) is 2.32. The predicted molar refractivity (Wildman–Crippen MR) is 44.9 cm³/mol. The summed E-state index contributed by atoms with van der Waals surface area (Å²) in [4.78, 5) is 13.6. The summed E-state index contributed by atoms with van der Waals surface area (Å²) in [6, 6.07) is 3.43. The molecule has 0 radical (unpaired) electrons. The Labute approximate surface area is 69.7 Å². The second kappa shape index (κ2) is 3.61. The van der Waals surface area contributed by atoms with Crippen LogP contribution in [0.1, 0.15) is 12.5 Å². The van der Waals surface area contributed by atoms with Gasteiger partial charge in [0.1, 0.15) is 0 Å². The van der Waals surface area contributed by atoms with Crippen LogP contribution >= 0.6 is 0 Å². The monoisotopic (exact) mass is 164 g/mol. The van der Waals surface area contributed by atoms with Gasteiger partial charge in [0.05, 0.1) is 4.92 Å². The number of aromatic nitrogens is 1. The van der Waals surface area contributed by atoms with E-state index in [4.69, 9.17) is 0 Å². The lowest BCUT2D eigenvalue weighted by atomic mass is 10.2. The van der Waals surface area contributed by atoms with Crippen molar-refractivity contribution in [3.63, 3.8) is 0 Å². The van der Waals surface area contributed by atoms with Crippen LogP contribution in [-0.2, 0) is 0 Å². The van der Waals surface area contributed by atoms with Crippen molar-refractivity contribution in [2.24, 2.45) is 0 Å². The van der Waals surface area contributed by atoms with Gasteiger partial charge in [0.15, 0.2) is 0 Å². The Kier molecular flexibility index (Phi) is 2.53. The van der Waals surface area contributed by atoms with E-state index in [0.29, 0.717) is 0 Å². The van der Waals surface area contributed by atoms with E-state index in [1.54, 1.807) is 24.5 Å². The molecule has 0 aliphatic carbocycles. The van der Waals surface area contributed by atoms with E-state index in [2.05, 4.69) is 4.98 Å². The normalized spacial score (nSPS) is 11.2. The topological polar surface area (TPSA) is 56.0 Å². The summed E-state index contributed by atoms with van der Waals surface area (Å²) in [6.07, 6.45) is 4.69. The van der Waals surface area contributed by atoms with Gasteiger partial charge in [0.2, 0.25) is 5.70 Å². The third-order valence-electron chi connectivity index (χ3n) is 1.37. The molecule has 1 heterocycles. The molecule has 0 fully saturated rings. The zero-order valence-corrected chi connectivity index (χ0v) is 6.60. The Balaban J connectivity index is 2.89. The van der Waals surface area contributed by atoms with Crippen LogP contribution in [0.15, 0.2) is 30.2 Å². The van der Waals surface area contributed by atoms with E-state index in [1.807, 2.05) is 0 Å². The molecule has 0 amide bonds. The van der Waals surface area contributed by atoms with Crippen LogP contribution in [0.25, 0.3) is 6.08 Å². The third-order valence-corrected chi connectivity index (χ3v) is 1.37. The molecule has 12 heavy (non-hydrogen) atoms. The molecule has 62 valence electrons. The smallest absolute Gasteiger partial charge is 0.243 e. The molecule has 0 spiro atoms. The first kappa shape index (κ1) is 8.39. The van der Waals surface area contributed by atoms with Crippen LogP contribution in [-0.4, -0.2) is 9.91 Å². The van der Waals surface area contributed by atoms with Crippen molar-refractivity contribution in [2.75, 3.05) is 0 Å². The summed E-state index contributed by atoms with van der Waals surface area (Å²) in [5.74, 6) is 0. The van der Waals surface area contributed by atoms with Crippen LogP contribution < -0.4 is 0 Å². The number of nitro groups is 1. The van der Waals surface area contributed by atoms with Crippen molar-refractivity contribution >= 4 is 6.08 Å². The SMILES string of the molecule is CC(=Cc1ccncc1)[N+](=O)[O-]. The van der Waals surface area contributed by atoms with Crippen LogP contribution in [0.2, 0.25) is 0 Å². The molecular formula is C8H8N2O2. The molecule has 0 atom stereocenters. The number of nitrogens with zero attached hydrogens (tertiary/aromatic N) is 2. The van der Waals surface area contributed by atoms with Crippen LogP contribution in [0.3, 0.4) is 0 Å². The van der Waals surface area contributed by atoms with Gasteiger partial charge in [-0.2, -0.15) is 0 Å². The molecule has 0 aliphatic rings. The number of rotatable bonds is 2. The molecule has 0 saturated heterocycles. The van der Waals surface area contributed by atoms with Crippen molar-refractivity contribution in [2.45, 2.75) is 6.92 Å². The average Bonchev–Trinajstić information content (AvgIpc) is 2.06. The average molecular weight is 164 g/mol. The minimum absolute atomic E-state index is 0.126. The van der Waals surface area contributed by atoms with Gasteiger partial charge >= 0.3 is 0 Å². The fourth-order valence-electron chi connectivity index (χ4n) is 0.754. The molecule has 4 nitrogen and oxygen atoms in total. The van der Waals surface area contributed by atoms with Gasteiger partial charge in [-0.3, -0.25) is 15.1 Å². The molecule has 4 heteroatoms. The summed E-state index contributed by atoms with van der Waals surface area (Å²) in [7, 11) is 0. The van der Waals surface area contributed by atoms with Crippen molar-refractivity contribution in [1.29, 1.82) is 0 Å². The summed E-state index contributed by atoms with van der Waals surface area (Å²) in [6.45, 7) is 1.46. The summed E-state index contributed by atoms with van der Waals surface area (Å²) in [5.41, 5.74) is 0.917. The molecule has 0 saturated carbocycles. The first-order valence-electron chi connectivity index (χ1n) is 3.43. The van der Waals surface area contributed by atoms with Gasteiger partial charge in [-0.1, -0.05) is 0 Å². The van der Waals surface area contributed by atoms with Gasteiger partial charge in [-0.15, -0.1) is 0 Å². The zero-order valence-electron chi connectivity index (χ0n) is 6.60. The maximum atomic E-state index is 10.2. The molecule has 1 aromatic heterocycles. The fraction of sp³-hybridized carbons (Fsp3) is 0.125. The Bertz CT molecular complexity index is 306. The Morgan fingerprint density at radius 3 is 2.67 bits per heavy atom. The van der Waals surface area contributed by atoms with E-state index in [1.165, 1.54) is 13.0 Å². The van der Waals surface area contributed by atoms with Crippen LogP contribution in [0.4, 0.5) is 0 Å². The lowest BCUT2D eigenvalue weighted by Gasteiger charge is -1.90. The summed E-state index contributed by atoms with van der Waals surface area (Å²) in [5, 5.41) is 10.2. The first-order valence-corrected chi connectivity index (χ1v) is 3.43. The van der Waals surface area contributed by atoms with Gasteiger partial charge < -0.3 is 0 Å². The highest BCUT2D eigenvalue weighted by molar-refractivity contribution is 5.49. The number of pyridine rings is 1. The second-order valence-electron chi connectivity index (χ2n) is 2.32. The van der Waals surface area contributed by atoms with Gasteiger partial charge in [0.25, 0.3) is 0 Å². The minimum Gasteiger partial charge on any atom is -0.265 e. The highest BCUT2D eigenvalue weighted by Crippen LogP contribution is 2.04. The highest BCUT2D eigenvalue weighted by atomic mass is 16.6. The van der Waals surface area contributed by atoms with Crippen molar-refractivity contribution in [3.8, 4) is 0 Å². The van der Waals surface area contributed by atoms with E-state index in [-0.39, 0.29) is 5.70 Å². The maximum absolute atomic E-state index is 10.2. The van der Waals surface area contributed by atoms with Crippen molar-refractivity contribution in [3.05, 3.63) is 45.9 Å². The third kappa shape index (κ3) is 2.16. The molecule has 0 N–H and O–H groups in total. The molecule has 1 aromatic rings.